The lowest BCUT2D eigenvalue weighted by Crippen LogP contribution is -2.33. The van der Waals surface area contributed by atoms with Gasteiger partial charge in [0.05, 0.1) is 12.9 Å². The van der Waals surface area contributed by atoms with Crippen LogP contribution in [0, 0.1) is 0 Å². The van der Waals surface area contributed by atoms with Crippen LogP contribution < -0.4 is 5.32 Å². The molecule has 10 heteroatoms. The lowest BCUT2D eigenvalue weighted by molar-refractivity contribution is -0.0511. The van der Waals surface area contributed by atoms with Gasteiger partial charge in [0, 0.05) is 10.9 Å². The first-order chi connectivity index (χ1) is 17.0. The number of aliphatic hydroxyl groups is 3. The van der Waals surface area contributed by atoms with Crippen LogP contribution in [0.3, 0.4) is 0 Å². The van der Waals surface area contributed by atoms with Crippen LogP contribution in [0.1, 0.15) is 18.7 Å². The van der Waals surface area contributed by atoms with E-state index in [9.17, 15) is 15.3 Å². The number of hydrogen-bond acceptors (Lipinski definition) is 9. The number of aromatic nitrogens is 4. The molecule has 4 aromatic rings. The highest BCUT2D eigenvalue weighted by atomic mass is 32.2. The van der Waals surface area contributed by atoms with Crippen molar-refractivity contribution >= 4 is 28.7 Å². The highest BCUT2D eigenvalue weighted by Gasteiger charge is 2.44. The van der Waals surface area contributed by atoms with Crippen LogP contribution in [0.4, 0.5) is 5.82 Å². The van der Waals surface area contributed by atoms with Crippen LogP contribution in [-0.2, 0) is 11.2 Å². The van der Waals surface area contributed by atoms with Gasteiger partial charge in [-0.2, -0.15) is 0 Å². The highest BCUT2D eigenvalue weighted by molar-refractivity contribution is 7.99. The molecule has 4 N–H and O–H groups in total. The van der Waals surface area contributed by atoms with Gasteiger partial charge in [-0.05, 0) is 42.8 Å². The first-order valence-corrected chi connectivity index (χ1v) is 12.3. The molecular formula is C25H27N5O4S. The summed E-state index contributed by atoms with van der Waals surface area (Å²) >= 11 is 1.41. The third kappa shape index (κ3) is 5.02. The van der Waals surface area contributed by atoms with E-state index in [0.717, 1.165) is 11.3 Å². The number of ether oxygens (including phenoxy) is 1. The van der Waals surface area contributed by atoms with Crippen LogP contribution in [0.2, 0.25) is 0 Å². The Bertz CT molecular complexity index is 1270. The first kappa shape index (κ1) is 23.7. The molecule has 35 heavy (non-hydrogen) atoms. The maximum Gasteiger partial charge on any atom is 0.196 e. The summed E-state index contributed by atoms with van der Waals surface area (Å²) in [5.41, 5.74) is 2.19. The van der Waals surface area contributed by atoms with Gasteiger partial charge in [0.15, 0.2) is 28.4 Å². The fourth-order valence-corrected chi connectivity index (χ4v) is 4.96. The molecule has 0 amide bonds. The second-order valence-electron chi connectivity index (χ2n) is 8.56. The smallest absolute Gasteiger partial charge is 0.196 e. The molecule has 3 heterocycles. The third-order valence-electron chi connectivity index (χ3n) is 5.91. The lowest BCUT2D eigenvalue weighted by atomic mass is 10.1. The van der Waals surface area contributed by atoms with E-state index in [1.165, 1.54) is 23.7 Å². The van der Waals surface area contributed by atoms with Crippen LogP contribution >= 0.6 is 11.8 Å². The van der Waals surface area contributed by atoms with E-state index in [0.29, 0.717) is 22.1 Å². The van der Waals surface area contributed by atoms with Crippen molar-refractivity contribution in [3.8, 4) is 0 Å². The summed E-state index contributed by atoms with van der Waals surface area (Å²) in [6, 6.07) is 20.1. The Balaban J connectivity index is 1.51. The number of aliphatic hydroxyl groups excluding tert-OH is 3. The summed E-state index contributed by atoms with van der Waals surface area (Å²) in [5.74, 6) is 0.572. The van der Waals surface area contributed by atoms with E-state index in [1.54, 1.807) is 4.57 Å². The van der Waals surface area contributed by atoms with E-state index >= 15 is 0 Å². The Morgan fingerprint density at radius 3 is 2.43 bits per heavy atom. The number of nitrogens with one attached hydrogen (secondary N) is 1. The molecule has 1 unspecified atom stereocenters. The molecule has 2 aromatic heterocycles. The molecular weight excluding hydrogens is 466 g/mol. The monoisotopic (exact) mass is 493 g/mol. The minimum atomic E-state index is -1.24. The van der Waals surface area contributed by atoms with E-state index in [2.05, 4.69) is 29.4 Å². The summed E-state index contributed by atoms with van der Waals surface area (Å²) in [5, 5.41) is 34.3. The molecule has 0 bridgehead atoms. The molecule has 1 saturated heterocycles. The van der Waals surface area contributed by atoms with Gasteiger partial charge in [0.25, 0.3) is 0 Å². The Morgan fingerprint density at radius 2 is 1.74 bits per heavy atom. The molecule has 5 rings (SSSR count). The molecule has 182 valence electrons. The van der Waals surface area contributed by atoms with Crippen molar-refractivity contribution in [1.29, 1.82) is 0 Å². The molecule has 9 nitrogen and oxygen atoms in total. The minimum Gasteiger partial charge on any atom is -0.394 e. The Kier molecular flexibility index (Phi) is 6.98. The largest absolute Gasteiger partial charge is 0.394 e. The maximum atomic E-state index is 10.6. The number of fused-ring (bicyclic) bond motifs is 1. The van der Waals surface area contributed by atoms with Gasteiger partial charge in [-0.25, -0.2) is 15.0 Å². The zero-order valence-electron chi connectivity index (χ0n) is 19.1. The topological polar surface area (TPSA) is 126 Å². The predicted octanol–water partition coefficient (Wildman–Crippen LogP) is 2.63. The van der Waals surface area contributed by atoms with Crippen molar-refractivity contribution in [2.45, 2.75) is 54.0 Å². The molecule has 0 aliphatic carbocycles. The van der Waals surface area contributed by atoms with Gasteiger partial charge in [-0.3, -0.25) is 4.57 Å². The molecule has 1 fully saturated rings. The van der Waals surface area contributed by atoms with E-state index in [1.807, 2.05) is 48.5 Å². The van der Waals surface area contributed by atoms with Crippen LogP contribution in [-0.4, -0.2) is 65.8 Å². The third-order valence-corrected chi connectivity index (χ3v) is 6.79. The van der Waals surface area contributed by atoms with Crippen LogP contribution in [0.15, 0.2) is 77.0 Å². The van der Waals surface area contributed by atoms with Crippen molar-refractivity contribution in [3.05, 3.63) is 72.6 Å². The average Bonchev–Trinajstić information content (AvgIpc) is 3.41. The van der Waals surface area contributed by atoms with Gasteiger partial charge in [0.1, 0.15) is 18.3 Å². The standard InChI is InChI=1S/C25H27N5O4S/c1-15(12-16-8-4-2-5-9-16)27-22-19-23(29-25(28-22)35-17-10-6-3-7-11-17)30(14-26-19)24-21(33)20(32)18(13-31)34-24/h2-11,14-15,18,20-21,24,31-33H,12-13H2,1H3,(H,27,28,29)/t15?,18-,20-,21-,24-/m1/s1. The van der Waals surface area contributed by atoms with E-state index in [-0.39, 0.29) is 6.04 Å². The minimum absolute atomic E-state index is 0.0594. The molecule has 0 radical (unpaired) electrons. The Hall–Kier alpha value is -3.02. The van der Waals surface area contributed by atoms with Crippen LogP contribution in [0.25, 0.3) is 11.2 Å². The number of anilines is 1. The lowest BCUT2D eigenvalue weighted by Gasteiger charge is -2.18. The maximum absolute atomic E-state index is 10.6. The fourth-order valence-electron chi connectivity index (χ4n) is 4.18. The molecule has 2 aromatic carbocycles. The number of hydrogen-bond donors (Lipinski definition) is 4. The average molecular weight is 494 g/mol. The zero-order chi connectivity index (χ0) is 24.4. The summed E-state index contributed by atoms with van der Waals surface area (Å²) in [6.45, 7) is 1.67. The second-order valence-corrected chi connectivity index (χ2v) is 9.60. The van der Waals surface area contributed by atoms with Crippen LogP contribution in [0.5, 0.6) is 0 Å². The van der Waals surface area contributed by atoms with Gasteiger partial charge in [0.2, 0.25) is 0 Å². The van der Waals surface area contributed by atoms with Gasteiger partial charge in [-0.1, -0.05) is 48.5 Å². The summed E-state index contributed by atoms with van der Waals surface area (Å²) in [7, 11) is 0. The number of rotatable bonds is 8. The number of imidazole rings is 1. The highest BCUT2D eigenvalue weighted by Crippen LogP contribution is 2.34. The van der Waals surface area contributed by atoms with Crippen molar-refractivity contribution in [3.63, 3.8) is 0 Å². The summed E-state index contributed by atoms with van der Waals surface area (Å²) in [6.07, 6.45) is -1.97. The molecule has 0 saturated carbocycles. The van der Waals surface area contributed by atoms with Crippen molar-refractivity contribution in [2.75, 3.05) is 11.9 Å². The van der Waals surface area contributed by atoms with Crippen molar-refractivity contribution < 1.29 is 20.1 Å². The predicted molar refractivity (Wildman–Crippen MR) is 132 cm³/mol. The molecule has 1 aliphatic heterocycles. The number of benzene rings is 2. The molecule has 1 aliphatic rings. The molecule has 5 atom stereocenters. The van der Waals surface area contributed by atoms with E-state index in [4.69, 9.17) is 14.7 Å². The number of nitrogens with zero attached hydrogens (tertiary/aromatic N) is 4. The van der Waals surface area contributed by atoms with Gasteiger partial charge in [-0.15, -0.1) is 0 Å². The van der Waals surface area contributed by atoms with Crippen molar-refractivity contribution in [2.24, 2.45) is 0 Å². The van der Waals surface area contributed by atoms with Gasteiger partial charge >= 0.3 is 0 Å². The fraction of sp³-hybridized carbons (Fsp3) is 0.320. The van der Waals surface area contributed by atoms with Gasteiger partial charge < -0.3 is 25.4 Å². The summed E-state index contributed by atoms with van der Waals surface area (Å²) in [4.78, 5) is 15.0. The normalized spacial score (nSPS) is 23.0. The Labute approximate surface area is 206 Å². The second kappa shape index (κ2) is 10.3. The first-order valence-electron chi connectivity index (χ1n) is 11.4. The SMILES string of the molecule is CC(Cc1ccccc1)Nc1nc(Sc2ccccc2)nc2c1ncn2[C@@H]1O[C@H](CO)[C@@H](O)[C@H]1O. The van der Waals surface area contributed by atoms with E-state index < -0.39 is 31.1 Å². The van der Waals surface area contributed by atoms with Crippen molar-refractivity contribution in [1.82, 2.24) is 19.5 Å². The zero-order valence-corrected chi connectivity index (χ0v) is 19.9. The quantitative estimate of drug-likeness (QED) is 0.274. The summed E-state index contributed by atoms with van der Waals surface area (Å²) < 4.78 is 7.32. The Morgan fingerprint density at radius 1 is 1.03 bits per heavy atom. The molecule has 0 spiro atoms.